The molecule has 1 unspecified atom stereocenters. The van der Waals surface area contributed by atoms with Gasteiger partial charge in [-0.15, -0.1) is 0 Å². The first-order chi connectivity index (χ1) is 9.22. The largest absolute Gasteiger partial charge is 0.496 e. The van der Waals surface area contributed by atoms with E-state index in [2.05, 4.69) is 15.9 Å². The Hall–Kier alpha value is -0.540. The van der Waals surface area contributed by atoms with Gasteiger partial charge in [-0.1, -0.05) is 48.0 Å². The first kappa shape index (κ1) is 14.9. The smallest absolute Gasteiger partial charge is 0.124 e. The summed E-state index contributed by atoms with van der Waals surface area (Å²) in [6.45, 7) is 0. The zero-order valence-corrected chi connectivity index (χ0v) is 13.2. The molecule has 2 rings (SSSR count). The molecule has 0 saturated heterocycles. The molecular weight excluding hydrogens is 304 g/mol. The average molecular weight is 327 g/mol. The molecule has 0 spiro atoms. The normalized spacial score (nSPS) is 19.5. The van der Waals surface area contributed by atoms with Crippen molar-refractivity contribution < 1.29 is 9.84 Å². The average Bonchev–Trinajstić information content (AvgIpc) is 2.37. The van der Waals surface area contributed by atoms with Crippen molar-refractivity contribution in [3.8, 4) is 5.75 Å². The van der Waals surface area contributed by atoms with Crippen molar-refractivity contribution in [1.82, 2.24) is 0 Å². The fourth-order valence-electron chi connectivity index (χ4n) is 2.99. The van der Waals surface area contributed by atoms with E-state index in [1.165, 1.54) is 32.1 Å². The Morgan fingerprint density at radius 1 is 1.16 bits per heavy atom. The van der Waals surface area contributed by atoms with Gasteiger partial charge in [0.2, 0.25) is 0 Å². The first-order valence-corrected chi connectivity index (χ1v) is 8.03. The van der Waals surface area contributed by atoms with E-state index >= 15 is 0 Å². The molecule has 1 fully saturated rings. The molecule has 1 aromatic rings. The van der Waals surface area contributed by atoms with E-state index < -0.39 is 6.10 Å². The molecule has 0 aliphatic heterocycles. The van der Waals surface area contributed by atoms with Crippen molar-refractivity contribution in [2.24, 2.45) is 5.92 Å². The minimum Gasteiger partial charge on any atom is -0.496 e. The Balaban J connectivity index is 2.16. The maximum absolute atomic E-state index is 10.7. The molecule has 1 aliphatic carbocycles. The first-order valence-electron chi connectivity index (χ1n) is 7.24. The quantitative estimate of drug-likeness (QED) is 0.860. The minimum atomic E-state index is -0.412. The molecule has 0 heterocycles. The summed E-state index contributed by atoms with van der Waals surface area (Å²) in [5.74, 6) is 1.15. The third-order valence-electron chi connectivity index (χ3n) is 4.11. The Kier molecular flexibility index (Phi) is 5.71. The van der Waals surface area contributed by atoms with Crippen LogP contribution < -0.4 is 4.74 Å². The predicted octanol–water partition coefficient (Wildman–Crippen LogP) is 4.85. The molecule has 1 aliphatic rings. The molecule has 19 heavy (non-hydrogen) atoms. The lowest BCUT2D eigenvalue weighted by atomic mass is 9.84. The lowest BCUT2D eigenvalue weighted by molar-refractivity contribution is 0.0887. The van der Waals surface area contributed by atoms with Gasteiger partial charge in [-0.3, -0.25) is 0 Å². The molecule has 1 saturated carbocycles. The highest BCUT2D eigenvalue weighted by molar-refractivity contribution is 9.10. The molecule has 0 radical (unpaired) electrons. The third kappa shape index (κ3) is 3.96. The number of hydrogen-bond acceptors (Lipinski definition) is 2. The summed E-state index contributed by atoms with van der Waals surface area (Å²) in [6, 6.07) is 5.86. The highest BCUT2D eigenvalue weighted by Gasteiger charge is 2.24. The van der Waals surface area contributed by atoms with Gasteiger partial charge in [0.1, 0.15) is 5.75 Å². The number of rotatable bonds is 3. The number of methoxy groups -OCH3 is 1. The van der Waals surface area contributed by atoms with Crippen molar-refractivity contribution >= 4 is 15.9 Å². The van der Waals surface area contributed by atoms with Gasteiger partial charge in [0.25, 0.3) is 0 Å². The van der Waals surface area contributed by atoms with Crippen molar-refractivity contribution in [3.63, 3.8) is 0 Å². The topological polar surface area (TPSA) is 29.5 Å². The van der Waals surface area contributed by atoms with Gasteiger partial charge < -0.3 is 9.84 Å². The van der Waals surface area contributed by atoms with Gasteiger partial charge in [-0.05, 0) is 37.0 Å². The van der Waals surface area contributed by atoms with Crippen molar-refractivity contribution in [2.45, 2.75) is 51.0 Å². The van der Waals surface area contributed by atoms with Gasteiger partial charge >= 0.3 is 0 Å². The highest BCUT2D eigenvalue weighted by atomic mass is 79.9. The van der Waals surface area contributed by atoms with E-state index in [0.717, 1.165) is 28.6 Å². The molecular formula is C16H23BrO2. The lowest BCUT2D eigenvalue weighted by Gasteiger charge is -2.26. The summed E-state index contributed by atoms with van der Waals surface area (Å²) in [4.78, 5) is 0. The highest BCUT2D eigenvalue weighted by Crippen LogP contribution is 2.37. The molecule has 1 N–H and O–H groups in total. The molecule has 2 nitrogen and oxygen atoms in total. The van der Waals surface area contributed by atoms with E-state index in [1.807, 2.05) is 18.2 Å². The van der Waals surface area contributed by atoms with Crippen LogP contribution in [0, 0.1) is 5.92 Å². The van der Waals surface area contributed by atoms with E-state index in [-0.39, 0.29) is 0 Å². The number of halogens is 1. The van der Waals surface area contributed by atoms with Crippen LogP contribution in [-0.2, 0) is 0 Å². The van der Waals surface area contributed by atoms with Gasteiger partial charge in [-0.2, -0.15) is 0 Å². The van der Waals surface area contributed by atoms with Crippen LogP contribution in [0.15, 0.2) is 22.7 Å². The standard InChI is InChI=1S/C16H23BrO2/c1-19-15-10-9-13(17)11-14(15)16(18)12-7-5-3-2-4-6-8-12/h9-12,16,18H,2-8H2,1H3. The van der Waals surface area contributed by atoms with Gasteiger partial charge in [0.05, 0.1) is 13.2 Å². The van der Waals surface area contributed by atoms with Crippen LogP contribution in [0.3, 0.4) is 0 Å². The molecule has 106 valence electrons. The summed E-state index contributed by atoms with van der Waals surface area (Å²) in [5, 5.41) is 10.7. The summed E-state index contributed by atoms with van der Waals surface area (Å²) >= 11 is 3.48. The van der Waals surface area contributed by atoms with E-state index in [4.69, 9.17) is 4.74 Å². The van der Waals surface area contributed by atoms with Crippen LogP contribution in [-0.4, -0.2) is 12.2 Å². The van der Waals surface area contributed by atoms with Crippen LogP contribution in [0.4, 0.5) is 0 Å². The summed E-state index contributed by atoms with van der Waals surface area (Å²) in [5.41, 5.74) is 0.919. The minimum absolute atomic E-state index is 0.364. The van der Waals surface area contributed by atoms with Crippen molar-refractivity contribution in [2.75, 3.05) is 7.11 Å². The Morgan fingerprint density at radius 2 is 1.79 bits per heavy atom. The van der Waals surface area contributed by atoms with Gasteiger partial charge in [-0.25, -0.2) is 0 Å². The molecule has 1 atom stereocenters. The lowest BCUT2D eigenvalue weighted by Crippen LogP contribution is -2.15. The molecule has 3 heteroatoms. The SMILES string of the molecule is COc1ccc(Br)cc1C(O)C1CCCCCCC1. The Bertz CT molecular complexity index is 398. The summed E-state index contributed by atoms with van der Waals surface area (Å²) in [6.07, 6.45) is 8.26. The van der Waals surface area contributed by atoms with Crippen molar-refractivity contribution in [1.29, 1.82) is 0 Å². The second-order valence-electron chi connectivity index (χ2n) is 5.44. The number of hydrogen-bond donors (Lipinski definition) is 1. The maximum Gasteiger partial charge on any atom is 0.124 e. The van der Waals surface area contributed by atoms with Crippen LogP contribution in [0.1, 0.15) is 56.6 Å². The molecule has 0 amide bonds. The van der Waals surface area contributed by atoms with Crippen LogP contribution in [0.5, 0.6) is 5.75 Å². The van der Waals surface area contributed by atoms with Gasteiger partial charge in [0, 0.05) is 10.0 Å². The fourth-order valence-corrected chi connectivity index (χ4v) is 3.37. The van der Waals surface area contributed by atoms with Crippen LogP contribution >= 0.6 is 15.9 Å². The predicted molar refractivity (Wildman–Crippen MR) is 81.5 cm³/mol. The zero-order chi connectivity index (χ0) is 13.7. The van der Waals surface area contributed by atoms with Crippen molar-refractivity contribution in [3.05, 3.63) is 28.2 Å². The monoisotopic (exact) mass is 326 g/mol. The number of ether oxygens (including phenoxy) is 1. The summed E-state index contributed by atoms with van der Waals surface area (Å²) in [7, 11) is 1.66. The number of aliphatic hydroxyl groups excluding tert-OH is 1. The molecule has 0 bridgehead atoms. The zero-order valence-electron chi connectivity index (χ0n) is 11.6. The van der Waals surface area contributed by atoms with E-state index in [0.29, 0.717) is 5.92 Å². The second kappa shape index (κ2) is 7.30. The Labute approximate surface area is 124 Å². The van der Waals surface area contributed by atoms with Crippen LogP contribution in [0.25, 0.3) is 0 Å². The van der Waals surface area contributed by atoms with Gasteiger partial charge in [0.15, 0.2) is 0 Å². The fraction of sp³-hybridized carbons (Fsp3) is 0.625. The second-order valence-corrected chi connectivity index (χ2v) is 6.35. The summed E-state index contributed by atoms with van der Waals surface area (Å²) < 4.78 is 6.38. The van der Waals surface area contributed by atoms with E-state index in [1.54, 1.807) is 7.11 Å². The molecule has 0 aromatic heterocycles. The third-order valence-corrected chi connectivity index (χ3v) is 4.60. The van der Waals surface area contributed by atoms with E-state index in [9.17, 15) is 5.11 Å². The molecule has 1 aromatic carbocycles. The maximum atomic E-state index is 10.7. The number of benzene rings is 1. The number of aliphatic hydroxyl groups is 1. The van der Waals surface area contributed by atoms with Crippen LogP contribution in [0.2, 0.25) is 0 Å². The Morgan fingerprint density at radius 3 is 2.42 bits per heavy atom.